The number of nitrogens with one attached hydrogen (secondary N) is 4. The number of ketones is 3. The lowest BCUT2D eigenvalue weighted by Crippen LogP contribution is -2.55. The zero-order chi connectivity index (χ0) is 107. The van der Waals surface area contributed by atoms with Gasteiger partial charge in [-0.25, -0.2) is 23.2 Å². The number of carbonyl (C=O) groups excluding carboxylic acids is 10. The SMILES string of the molecule is CC[C@H](C)[C@@H]([C@@H](CC(=O)N1CCC[C@H]1[C@H](OC)[C@@H](C)C(=O)N[C@@H](Cc1ccccc1)C(=O)NS(=O)(=O)C1CC1)OC)N(C)C(=O)[C@@H](CC(=O)[C@H](C(C)C)N(C)C(=O)OCc1ccc(NC(=O)[C@H](CCCCNC(=O)CCOCCOCCOCCOCCOCCOCCOCCOCCOCCOCCOCCOCCOC)CC(=O)CCOCCOCCCC(=O)c2ccc3nc(CBr)c(CBr)nc3c2)cc1)C(C)C. The number of fused-ring (bicyclic) bond motifs is 1. The number of likely N-dealkylation sites (N-methyl/N-ethyl adjacent to an activating group) is 2. The molecule has 42 heteroatoms. The van der Waals surface area contributed by atoms with Crippen molar-refractivity contribution in [3.8, 4) is 0 Å². The van der Waals surface area contributed by atoms with Crippen molar-refractivity contribution in [2.24, 2.45) is 35.5 Å². The molecule has 3 aromatic carbocycles. The number of methoxy groups -OCH3 is 3. The van der Waals surface area contributed by atoms with Crippen LogP contribution in [-0.2, 0) is 157 Å². The number of unbranched alkanes of at least 4 members (excludes halogenated alkanes) is 1. The third-order valence-electron chi connectivity index (χ3n) is 25.3. The summed E-state index contributed by atoms with van der Waals surface area (Å²) in [5.41, 5.74) is 5.20. The monoisotopic (exact) mass is 2220 g/mol. The summed E-state index contributed by atoms with van der Waals surface area (Å²) in [5, 5.41) is 9.08. The Bertz CT molecular complexity index is 4560. The Morgan fingerprint density at radius 1 is 0.517 bits per heavy atom. The van der Waals surface area contributed by atoms with Crippen LogP contribution in [0.4, 0.5) is 10.5 Å². The van der Waals surface area contributed by atoms with Gasteiger partial charge in [-0.15, -0.1) is 0 Å². The zero-order valence-electron chi connectivity index (χ0n) is 88.4. The number of hydrogen-bond acceptors (Lipinski definition) is 32. The summed E-state index contributed by atoms with van der Waals surface area (Å²) in [4.78, 5) is 154. The lowest BCUT2D eigenvalue weighted by atomic mass is 9.83. The number of nitrogens with zero attached hydrogens (tertiary/aromatic N) is 5. The second-order valence-electron chi connectivity index (χ2n) is 37.1. The van der Waals surface area contributed by atoms with Crippen molar-refractivity contribution in [3.05, 3.63) is 101 Å². The van der Waals surface area contributed by atoms with E-state index in [0.717, 1.165) is 11.4 Å². The standard InChI is InChI=1S/C105H165Br2N9O30S/c1-13-77(6)99(95(130-11)71-97(121)116-37-19-24-92(116)100(131-12)78(7)101(122)112-89(67-79-21-15-14-16-22-79)103(124)113-147(127,128)85-31-32-85)114(8)104(125)86(75(2)3)70-94(119)98(76(4)5)115(9)105(126)146-74-80-26-29-83(30-27-80)109-102(123)82(68-84(117)34-39-133-44-43-132-38-20-25-93(118)81-28-33-87-88(69-81)111-91(73-107)90(72-106)110-87)23-17-18-36-108-96(120)35-40-134-45-46-136-49-50-138-53-54-140-57-58-142-61-62-144-65-66-145-64-63-143-60-59-141-56-55-139-52-51-137-48-47-135-42-41-129-10/h14-16,21-22,26-30,33,69,75-78,82,85-86,89,92,95,98-100H,13,17-20,23-25,31-32,34-68,70-74H2,1-12H3,(H,108,120)(H,109,123)(H,112,122)(H,113,124)/t77-,78+,82+,86-,89-,92-,95+,98-,99-,100+/m0/s1. The molecular formula is C105H165Br2N9O30S. The van der Waals surface area contributed by atoms with Crippen molar-refractivity contribution in [1.82, 2.24) is 40.0 Å². The molecule has 1 saturated carbocycles. The summed E-state index contributed by atoms with van der Waals surface area (Å²) >= 11 is 6.93. The van der Waals surface area contributed by atoms with Gasteiger partial charge >= 0.3 is 6.09 Å². The Morgan fingerprint density at radius 3 is 1.52 bits per heavy atom. The van der Waals surface area contributed by atoms with Crippen LogP contribution in [0.3, 0.4) is 0 Å². The highest BCUT2D eigenvalue weighted by Crippen LogP contribution is 2.34. The molecule has 7 amide bonds. The van der Waals surface area contributed by atoms with E-state index >= 15 is 4.79 Å². The summed E-state index contributed by atoms with van der Waals surface area (Å²) in [7, 11) is 3.77. The number of hydrogen-bond donors (Lipinski definition) is 4. The van der Waals surface area contributed by atoms with Gasteiger partial charge in [0.05, 0.1) is 255 Å². The van der Waals surface area contributed by atoms with Crippen molar-refractivity contribution in [1.29, 1.82) is 0 Å². The molecule has 2 aliphatic rings. The van der Waals surface area contributed by atoms with Gasteiger partial charge in [0.2, 0.25) is 39.6 Å². The highest BCUT2D eigenvalue weighted by Gasteiger charge is 2.45. The maximum absolute atomic E-state index is 15.1. The van der Waals surface area contributed by atoms with E-state index in [0.29, 0.717) is 274 Å². The molecule has 0 spiro atoms. The number of halogens is 2. The number of benzene rings is 3. The first-order valence-corrected chi connectivity index (χ1v) is 55.4. The number of ether oxygens (including phenoxy) is 18. The molecule has 2 fully saturated rings. The third kappa shape index (κ3) is 50.2. The van der Waals surface area contributed by atoms with Crippen LogP contribution in [0.2, 0.25) is 0 Å². The second kappa shape index (κ2) is 75.1. The van der Waals surface area contributed by atoms with E-state index in [2.05, 4.69) is 57.5 Å². The molecule has 830 valence electrons. The fraction of sp³-hybridized carbons (Fsp3) is 0.714. The van der Waals surface area contributed by atoms with Gasteiger partial charge in [-0.3, -0.25) is 47.9 Å². The molecule has 6 rings (SSSR count). The molecule has 0 bridgehead atoms. The van der Waals surface area contributed by atoms with Crippen LogP contribution < -0.4 is 20.7 Å². The van der Waals surface area contributed by atoms with E-state index < -0.39 is 99.1 Å². The topological polar surface area (TPSA) is 455 Å². The Balaban J connectivity index is 0.900. The van der Waals surface area contributed by atoms with Crippen LogP contribution in [0.25, 0.3) is 11.0 Å². The molecular weight excluding hydrogens is 2060 g/mol. The van der Waals surface area contributed by atoms with Gasteiger partial charge in [0.1, 0.15) is 18.4 Å². The number of Topliss-reactive ketones (excluding diaryl/α,β-unsaturated/α-hetero) is 3. The first-order valence-electron chi connectivity index (χ1n) is 51.6. The lowest BCUT2D eigenvalue weighted by Gasteiger charge is -2.41. The van der Waals surface area contributed by atoms with E-state index in [9.17, 15) is 51.6 Å². The predicted molar refractivity (Wildman–Crippen MR) is 559 cm³/mol. The highest BCUT2D eigenvalue weighted by atomic mass is 79.9. The third-order valence-corrected chi connectivity index (χ3v) is 28.2. The molecule has 39 nitrogen and oxygen atoms in total. The maximum atomic E-state index is 15.1. The van der Waals surface area contributed by atoms with Gasteiger partial charge in [-0.1, -0.05) is 136 Å². The molecule has 4 N–H and O–H groups in total. The van der Waals surface area contributed by atoms with Crippen LogP contribution in [0.5, 0.6) is 0 Å². The molecule has 10 atom stereocenters. The molecule has 1 saturated heterocycles. The zero-order valence-corrected chi connectivity index (χ0v) is 92.4. The van der Waals surface area contributed by atoms with Crippen molar-refractivity contribution < 1.29 is 142 Å². The summed E-state index contributed by atoms with van der Waals surface area (Å²) < 4.78 is 129. The molecule has 0 unspecified atom stereocenters. The van der Waals surface area contributed by atoms with Gasteiger partial charge in [-0.05, 0) is 104 Å². The van der Waals surface area contributed by atoms with Gasteiger partial charge in [0.25, 0.3) is 5.91 Å². The highest BCUT2D eigenvalue weighted by molar-refractivity contribution is 9.09. The number of alkyl halides is 2. The Kier molecular flexibility index (Phi) is 65.4. The molecule has 1 aliphatic heterocycles. The number of sulfonamides is 1. The largest absolute Gasteiger partial charge is 0.445 e. The van der Waals surface area contributed by atoms with Crippen molar-refractivity contribution in [3.63, 3.8) is 0 Å². The first kappa shape index (κ1) is 128. The smallest absolute Gasteiger partial charge is 0.410 e. The summed E-state index contributed by atoms with van der Waals surface area (Å²) in [6.45, 7) is 25.1. The van der Waals surface area contributed by atoms with E-state index in [1.54, 1.807) is 118 Å². The van der Waals surface area contributed by atoms with E-state index in [-0.39, 0.29) is 131 Å². The number of anilines is 1. The molecule has 147 heavy (non-hydrogen) atoms. The van der Waals surface area contributed by atoms with E-state index in [1.807, 2.05) is 27.7 Å². The summed E-state index contributed by atoms with van der Waals surface area (Å²) in [5.74, 6) is -6.75. The van der Waals surface area contributed by atoms with Gasteiger partial charge in [0.15, 0.2) is 11.6 Å². The average molecular weight is 2230 g/mol. The summed E-state index contributed by atoms with van der Waals surface area (Å²) in [6.07, 6.45) is 1.94. The van der Waals surface area contributed by atoms with Crippen LogP contribution >= 0.6 is 31.9 Å². The fourth-order valence-electron chi connectivity index (χ4n) is 16.7. The average Bonchev–Trinajstić information content (AvgIpc) is 1.79. The number of rotatable bonds is 87. The first-order chi connectivity index (χ1) is 71.0. The molecule has 0 radical (unpaired) electrons. The lowest BCUT2D eigenvalue weighted by molar-refractivity contribution is -0.149. The van der Waals surface area contributed by atoms with Crippen molar-refractivity contribution in [2.45, 2.75) is 210 Å². The number of likely N-dealkylation sites (tertiary alicyclic amines) is 1. The van der Waals surface area contributed by atoms with Crippen molar-refractivity contribution >= 4 is 117 Å². The predicted octanol–water partition coefficient (Wildman–Crippen LogP) is 10.6. The van der Waals surface area contributed by atoms with Gasteiger partial charge in [-0.2, -0.15) is 0 Å². The van der Waals surface area contributed by atoms with Gasteiger partial charge < -0.3 is 116 Å². The molecule has 1 aliphatic carbocycles. The van der Waals surface area contributed by atoms with Crippen LogP contribution in [-0.4, -0.2) is 374 Å². The van der Waals surface area contributed by atoms with Crippen molar-refractivity contribution in [2.75, 3.05) is 245 Å². The minimum absolute atomic E-state index is 0.0174. The van der Waals surface area contributed by atoms with Crippen LogP contribution in [0.15, 0.2) is 72.8 Å². The Morgan fingerprint density at radius 2 is 1.03 bits per heavy atom. The number of aromatic nitrogens is 2. The van der Waals surface area contributed by atoms with Crippen LogP contribution in [0.1, 0.15) is 178 Å². The normalized spacial score (nSPS) is 15.2. The van der Waals surface area contributed by atoms with E-state index in [1.165, 1.54) is 26.2 Å². The number of amides is 7. The van der Waals surface area contributed by atoms with E-state index in [4.69, 9.17) is 90.2 Å². The molecule has 2 heterocycles. The minimum Gasteiger partial charge on any atom is -0.445 e. The Labute approximate surface area is 885 Å². The van der Waals surface area contributed by atoms with Gasteiger partial charge in [0, 0.05) is 127 Å². The quantitative estimate of drug-likeness (QED) is 0.0181. The summed E-state index contributed by atoms with van der Waals surface area (Å²) in [6, 6.07) is 17.4. The van der Waals surface area contributed by atoms with Crippen LogP contribution in [0, 0.1) is 35.5 Å². The minimum atomic E-state index is -3.94. The second-order valence-corrected chi connectivity index (χ2v) is 40.2. The number of carbonyl (C=O) groups is 10. The fourth-order valence-corrected chi connectivity index (χ4v) is 19.0. The molecule has 1 aromatic heterocycles. The Hall–Kier alpha value is -7.67. The maximum Gasteiger partial charge on any atom is 0.410 e. The molecule has 4 aromatic rings.